The van der Waals surface area contributed by atoms with Gasteiger partial charge in [0.25, 0.3) is 5.91 Å². The Morgan fingerprint density at radius 1 is 1.33 bits per heavy atom. The van der Waals surface area contributed by atoms with Gasteiger partial charge in [-0.1, -0.05) is 31.1 Å². The molecule has 1 atom stereocenters. The van der Waals surface area contributed by atoms with Crippen molar-refractivity contribution in [2.45, 2.75) is 45.7 Å². The van der Waals surface area contributed by atoms with Gasteiger partial charge < -0.3 is 14.7 Å². The minimum absolute atomic E-state index is 0.194. The van der Waals surface area contributed by atoms with E-state index in [2.05, 4.69) is 15.4 Å². The molecule has 1 aliphatic rings. The topological polar surface area (TPSA) is 58.4 Å². The smallest absolute Gasteiger partial charge is 0.351 e. The van der Waals surface area contributed by atoms with Gasteiger partial charge >= 0.3 is 6.18 Å². The van der Waals surface area contributed by atoms with Crippen molar-refractivity contribution in [3.05, 3.63) is 52.4 Å². The summed E-state index contributed by atoms with van der Waals surface area (Å²) in [6.07, 6.45) is -2.81. The molecule has 30 heavy (non-hydrogen) atoms. The van der Waals surface area contributed by atoms with Crippen LogP contribution in [0, 0.1) is 12.8 Å². The largest absolute Gasteiger partial charge is 0.416 e. The molecule has 0 radical (unpaired) electrons. The van der Waals surface area contributed by atoms with E-state index in [0.29, 0.717) is 31.0 Å². The van der Waals surface area contributed by atoms with E-state index in [9.17, 15) is 18.0 Å². The molecule has 0 bridgehead atoms. The molecule has 0 unspecified atom stereocenters. The lowest BCUT2D eigenvalue weighted by molar-refractivity contribution is -0.138. The molecule has 2 aromatic rings. The lowest BCUT2D eigenvalue weighted by atomic mass is 10.0. The maximum absolute atomic E-state index is 13.1. The summed E-state index contributed by atoms with van der Waals surface area (Å²) in [5.41, 5.74) is 1.12. The number of likely N-dealkylation sites (tertiary alicyclic amines) is 1. The molecule has 8 heteroatoms. The third-order valence-electron chi connectivity index (χ3n) is 5.59. The Hall–Kier alpha value is -2.35. The lowest BCUT2D eigenvalue weighted by Crippen LogP contribution is -2.31. The fourth-order valence-electron chi connectivity index (χ4n) is 3.69. The SMILES string of the molecule is Cc1ccc(CCN2CC[C@H](CNC(=O)c3cc(C(C)C)no3)C2)cc1C(F)(F)F. The van der Waals surface area contributed by atoms with E-state index in [4.69, 9.17) is 4.52 Å². The van der Waals surface area contributed by atoms with Gasteiger partial charge in [0.1, 0.15) is 0 Å². The zero-order chi connectivity index (χ0) is 21.9. The van der Waals surface area contributed by atoms with Gasteiger partial charge in [-0.2, -0.15) is 13.2 Å². The van der Waals surface area contributed by atoms with Crippen LogP contribution in [0.4, 0.5) is 13.2 Å². The van der Waals surface area contributed by atoms with Crippen molar-refractivity contribution >= 4 is 5.91 Å². The molecule has 1 fully saturated rings. The van der Waals surface area contributed by atoms with Crippen LogP contribution in [0.2, 0.25) is 0 Å². The van der Waals surface area contributed by atoms with Gasteiger partial charge in [0.15, 0.2) is 0 Å². The second kappa shape index (κ2) is 9.20. The normalized spacial score (nSPS) is 17.6. The molecule has 1 N–H and O–H groups in total. The van der Waals surface area contributed by atoms with Crippen LogP contribution < -0.4 is 5.32 Å². The van der Waals surface area contributed by atoms with Gasteiger partial charge in [0, 0.05) is 25.7 Å². The Bertz CT molecular complexity index is 877. The highest BCUT2D eigenvalue weighted by Crippen LogP contribution is 2.32. The van der Waals surface area contributed by atoms with Gasteiger partial charge in [-0.25, -0.2) is 0 Å². The lowest BCUT2D eigenvalue weighted by Gasteiger charge is -2.17. The molecule has 1 aromatic heterocycles. The minimum Gasteiger partial charge on any atom is -0.351 e. The van der Waals surface area contributed by atoms with E-state index in [1.807, 2.05) is 13.8 Å². The van der Waals surface area contributed by atoms with Crippen LogP contribution >= 0.6 is 0 Å². The summed E-state index contributed by atoms with van der Waals surface area (Å²) in [6, 6.07) is 6.22. The van der Waals surface area contributed by atoms with Crippen LogP contribution in [0.1, 0.15) is 59.1 Å². The Kier molecular flexibility index (Phi) is 6.85. The van der Waals surface area contributed by atoms with Crippen LogP contribution in [0.5, 0.6) is 0 Å². The highest BCUT2D eigenvalue weighted by atomic mass is 19.4. The Balaban J connectivity index is 1.45. The average molecular weight is 423 g/mol. The Morgan fingerprint density at radius 2 is 2.10 bits per heavy atom. The maximum Gasteiger partial charge on any atom is 0.416 e. The second-order valence-corrected chi connectivity index (χ2v) is 8.33. The summed E-state index contributed by atoms with van der Waals surface area (Å²) >= 11 is 0. The number of hydrogen-bond acceptors (Lipinski definition) is 4. The van der Waals surface area contributed by atoms with Crippen molar-refractivity contribution in [3.8, 4) is 0 Å². The molecule has 2 heterocycles. The molecule has 164 valence electrons. The zero-order valence-corrected chi connectivity index (χ0v) is 17.6. The van der Waals surface area contributed by atoms with Crippen molar-refractivity contribution in [2.75, 3.05) is 26.2 Å². The fraction of sp³-hybridized carbons (Fsp3) is 0.545. The number of rotatable bonds is 7. The number of carbonyl (C=O) groups excluding carboxylic acids is 1. The van der Waals surface area contributed by atoms with E-state index < -0.39 is 11.7 Å². The molecule has 1 saturated heterocycles. The van der Waals surface area contributed by atoms with Gasteiger partial charge in [-0.15, -0.1) is 0 Å². The maximum atomic E-state index is 13.1. The van der Waals surface area contributed by atoms with Crippen molar-refractivity contribution in [2.24, 2.45) is 5.92 Å². The highest BCUT2D eigenvalue weighted by molar-refractivity contribution is 5.91. The van der Waals surface area contributed by atoms with Gasteiger partial charge in [-0.3, -0.25) is 4.79 Å². The molecule has 0 saturated carbocycles. The summed E-state index contributed by atoms with van der Waals surface area (Å²) in [4.78, 5) is 14.5. The Morgan fingerprint density at radius 3 is 2.77 bits per heavy atom. The number of amides is 1. The number of aryl methyl sites for hydroxylation is 1. The van der Waals surface area contributed by atoms with Crippen LogP contribution in [0.3, 0.4) is 0 Å². The fourth-order valence-corrected chi connectivity index (χ4v) is 3.69. The van der Waals surface area contributed by atoms with E-state index in [1.54, 1.807) is 12.1 Å². The van der Waals surface area contributed by atoms with E-state index in [-0.39, 0.29) is 23.1 Å². The first-order chi connectivity index (χ1) is 14.1. The number of carbonyl (C=O) groups is 1. The van der Waals surface area contributed by atoms with Crippen molar-refractivity contribution in [1.82, 2.24) is 15.4 Å². The first-order valence-electron chi connectivity index (χ1n) is 10.3. The third-order valence-corrected chi connectivity index (χ3v) is 5.59. The third kappa shape index (κ3) is 5.62. The first kappa shape index (κ1) is 22.3. The number of hydrogen-bond donors (Lipinski definition) is 1. The number of nitrogens with zero attached hydrogens (tertiary/aromatic N) is 2. The number of aromatic nitrogens is 1. The summed E-state index contributed by atoms with van der Waals surface area (Å²) < 4.78 is 44.3. The number of nitrogens with one attached hydrogen (secondary N) is 1. The predicted octanol–water partition coefficient (Wildman–Crippen LogP) is 4.42. The van der Waals surface area contributed by atoms with Crippen molar-refractivity contribution in [3.63, 3.8) is 0 Å². The molecule has 5 nitrogen and oxygen atoms in total. The highest BCUT2D eigenvalue weighted by Gasteiger charge is 2.32. The number of halogens is 3. The molecule has 0 spiro atoms. The van der Waals surface area contributed by atoms with E-state index in [0.717, 1.165) is 25.2 Å². The van der Waals surface area contributed by atoms with Gasteiger partial charge in [0.2, 0.25) is 5.76 Å². The summed E-state index contributed by atoms with van der Waals surface area (Å²) in [5.74, 6) is 0.449. The average Bonchev–Trinajstić information content (AvgIpc) is 3.34. The van der Waals surface area contributed by atoms with Crippen molar-refractivity contribution in [1.29, 1.82) is 0 Å². The quantitative estimate of drug-likeness (QED) is 0.716. The molecular weight excluding hydrogens is 395 g/mol. The summed E-state index contributed by atoms with van der Waals surface area (Å²) in [7, 11) is 0. The summed E-state index contributed by atoms with van der Waals surface area (Å²) in [6.45, 7) is 8.36. The monoisotopic (exact) mass is 423 g/mol. The van der Waals surface area contributed by atoms with Gasteiger partial charge in [0.05, 0.1) is 11.3 Å². The Labute approximate surface area is 174 Å². The molecule has 3 rings (SSSR count). The van der Waals surface area contributed by atoms with E-state index >= 15 is 0 Å². The summed E-state index contributed by atoms with van der Waals surface area (Å²) in [5, 5.41) is 6.79. The standard InChI is InChI=1S/C22H28F3N3O2/c1-14(2)19-11-20(30-27-19)21(29)26-12-17-7-9-28(13-17)8-6-16-5-4-15(3)18(10-16)22(23,24)25/h4-5,10-11,14,17H,6-9,12-13H2,1-3H3,(H,26,29)/t17-/m1/s1. The predicted molar refractivity (Wildman–Crippen MR) is 107 cm³/mol. The van der Waals surface area contributed by atoms with Crippen molar-refractivity contribution < 1.29 is 22.5 Å². The zero-order valence-electron chi connectivity index (χ0n) is 17.6. The molecule has 1 amide bonds. The first-order valence-corrected chi connectivity index (χ1v) is 10.3. The van der Waals surface area contributed by atoms with E-state index in [1.165, 1.54) is 19.1 Å². The molecule has 0 aliphatic carbocycles. The molecular formula is C22H28F3N3O2. The molecule has 1 aliphatic heterocycles. The number of benzene rings is 1. The second-order valence-electron chi connectivity index (χ2n) is 8.33. The molecule has 1 aromatic carbocycles. The van der Waals surface area contributed by atoms with Gasteiger partial charge in [-0.05, 0) is 55.3 Å². The van der Waals surface area contributed by atoms with Crippen LogP contribution in [0.25, 0.3) is 0 Å². The minimum atomic E-state index is -4.32. The van der Waals surface area contributed by atoms with Crippen LogP contribution in [0.15, 0.2) is 28.8 Å². The number of alkyl halides is 3. The van der Waals surface area contributed by atoms with Crippen LogP contribution in [-0.4, -0.2) is 42.1 Å². The van der Waals surface area contributed by atoms with Crippen LogP contribution in [-0.2, 0) is 12.6 Å².